The van der Waals surface area contributed by atoms with Crippen LogP contribution in [0.4, 0.5) is 0 Å². The number of benzene rings is 1. The number of hydrogen-bond acceptors (Lipinski definition) is 3. The molecule has 0 radical (unpaired) electrons. The third-order valence-corrected chi connectivity index (χ3v) is 4.11. The van der Waals surface area contributed by atoms with Crippen LogP contribution in [-0.2, 0) is 6.42 Å². The Morgan fingerprint density at radius 3 is 2.40 bits per heavy atom. The Kier molecular flexibility index (Phi) is 5.30. The molecule has 1 aliphatic heterocycles. The average molecular weight is 277 g/mol. The summed E-state index contributed by atoms with van der Waals surface area (Å²) >= 11 is 0. The summed E-state index contributed by atoms with van der Waals surface area (Å²) in [4.78, 5) is 0. The molecule has 1 aromatic carbocycles. The molecular weight excluding hydrogens is 250 g/mol. The molecule has 0 saturated heterocycles. The molecule has 0 unspecified atom stereocenters. The average Bonchev–Trinajstić information content (AvgIpc) is 2.47. The van der Waals surface area contributed by atoms with E-state index in [-0.39, 0.29) is 0 Å². The van der Waals surface area contributed by atoms with Gasteiger partial charge in [0.05, 0.1) is 13.2 Å². The summed E-state index contributed by atoms with van der Waals surface area (Å²) in [5.74, 6) is 2.39. The molecule has 112 valence electrons. The van der Waals surface area contributed by atoms with Gasteiger partial charge < -0.3 is 14.8 Å². The van der Waals surface area contributed by atoms with E-state index in [0.29, 0.717) is 25.2 Å². The second-order valence-electron chi connectivity index (χ2n) is 5.43. The van der Waals surface area contributed by atoms with E-state index >= 15 is 0 Å². The number of rotatable bonds is 6. The van der Waals surface area contributed by atoms with Gasteiger partial charge in [-0.1, -0.05) is 20.3 Å². The van der Waals surface area contributed by atoms with Crippen molar-refractivity contribution in [3.05, 3.63) is 23.3 Å². The van der Waals surface area contributed by atoms with Crippen molar-refractivity contribution >= 4 is 0 Å². The van der Waals surface area contributed by atoms with E-state index in [9.17, 15) is 0 Å². The molecule has 1 heterocycles. The molecule has 0 aliphatic carbocycles. The molecular formula is C17H27NO2. The summed E-state index contributed by atoms with van der Waals surface area (Å²) in [7, 11) is 0. The number of fused-ring (bicyclic) bond motifs is 1. The third kappa shape index (κ3) is 3.09. The molecule has 3 heteroatoms. The third-order valence-electron chi connectivity index (χ3n) is 4.11. The Labute approximate surface area is 122 Å². The lowest BCUT2D eigenvalue weighted by atomic mass is 9.85. The zero-order valence-corrected chi connectivity index (χ0v) is 13.2. The van der Waals surface area contributed by atoms with Crippen molar-refractivity contribution in [3.8, 4) is 11.5 Å². The summed E-state index contributed by atoms with van der Waals surface area (Å²) in [5, 5.41) is 3.65. The van der Waals surface area contributed by atoms with Crippen LogP contribution in [0.5, 0.6) is 11.5 Å². The standard InChI is InChI=1S/C17H27NO2/c1-5-12(4)17-14-11-16(20-7-3)15(19-6-2)10-13(14)8-9-18-17/h10-12,17-18H,5-9H2,1-4H3/t12-,17-/m0/s1. The molecule has 0 aromatic heterocycles. The Balaban J connectivity index is 2.40. The quantitative estimate of drug-likeness (QED) is 0.859. The van der Waals surface area contributed by atoms with Crippen molar-refractivity contribution in [2.45, 2.75) is 46.6 Å². The van der Waals surface area contributed by atoms with E-state index in [1.54, 1.807) is 0 Å². The van der Waals surface area contributed by atoms with Crippen LogP contribution >= 0.6 is 0 Å². The second-order valence-corrected chi connectivity index (χ2v) is 5.43. The molecule has 0 fully saturated rings. The van der Waals surface area contributed by atoms with Crippen LogP contribution in [0.25, 0.3) is 0 Å². The highest BCUT2D eigenvalue weighted by Gasteiger charge is 2.26. The summed E-state index contributed by atoms with van der Waals surface area (Å²) in [6.45, 7) is 11.0. The molecule has 0 saturated carbocycles. The Bertz CT molecular complexity index is 445. The Morgan fingerprint density at radius 2 is 1.80 bits per heavy atom. The summed E-state index contributed by atoms with van der Waals surface area (Å²) in [6, 6.07) is 4.80. The molecule has 20 heavy (non-hydrogen) atoms. The normalized spacial score (nSPS) is 19.3. The molecule has 0 bridgehead atoms. The van der Waals surface area contributed by atoms with Crippen LogP contribution in [0.15, 0.2) is 12.1 Å². The predicted molar refractivity (Wildman–Crippen MR) is 82.7 cm³/mol. The fourth-order valence-corrected chi connectivity index (χ4v) is 2.88. The lowest BCUT2D eigenvalue weighted by molar-refractivity contribution is 0.284. The summed E-state index contributed by atoms with van der Waals surface area (Å²) in [5.41, 5.74) is 2.79. The fourth-order valence-electron chi connectivity index (χ4n) is 2.88. The lowest BCUT2D eigenvalue weighted by Crippen LogP contribution is -2.33. The highest BCUT2D eigenvalue weighted by molar-refractivity contribution is 5.49. The van der Waals surface area contributed by atoms with E-state index in [1.807, 2.05) is 13.8 Å². The molecule has 1 N–H and O–H groups in total. The molecule has 1 aliphatic rings. The highest BCUT2D eigenvalue weighted by Crippen LogP contribution is 2.38. The van der Waals surface area contributed by atoms with Gasteiger partial charge in [0, 0.05) is 6.04 Å². The zero-order chi connectivity index (χ0) is 14.5. The van der Waals surface area contributed by atoms with E-state index in [1.165, 1.54) is 17.5 Å². The van der Waals surface area contributed by atoms with Crippen LogP contribution < -0.4 is 14.8 Å². The van der Waals surface area contributed by atoms with Crippen molar-refractivity contribution in [1.82, 2.24) is 5.32 Å². The first-order valence-electron chi connectivity index (χ1n) is 7.87. The molecule has 0 spiro atoms. The van der Waals surface area contributed by atoms with Crippen molar-refractivity contribution in [2.75, 3.05) is 19.8 Å². The second kappa shape index (κ2) is 6.98. The first-order chi connectivity index (χ1) is 9.71. The molecule has 2 rings (SSSR count). The van der Waals surface area contributed by atoms with E-state index in [0.717, 1.165) is 24.5 Å². The topological polar surface area (TPSA) is 30.5 Å². The molecule has 0 amide bonds. The van der Waals surface area contributed by atoms with Gasteiger partial charge in [0.25, 0.3) is 0 Å². The maximum atomic E-state index is 5.76. The van der Waals surface area contributed by atoms with Gasteiger partial charge in [-0.2, -0.15) is 0 Å². The zero-order valence-electron chi connectivity index (χ0n) is 13.2. The monoisotopic (exact) mass is 277 g/mol. The maximum Gasteiger partial charge on any atom is 0.161 e. The van der Waals surface area contributed by atoms with E-state index < -0.39 is 0 Å². The SMILES string of the molecule is CCOc1cc2c(cc1OCC)[C@H]([C@@H](C)CC)NCC2. The van der Waals surface area contributed by atoms with E-state index in [4.69, 9.17) is 9.47 Å². The Morgan fingerprint density at radius 1 is 1.15 bits per heavy atom. The van der Waals surface area contributed by atoms with Crippen molar-refractivity contribution in [2.24, 2.45) is 5.92 Å². The number of ether oxygens (including phenoxy) is 2. The van der Waals surface area contributed by atoms with Crippen LogP contribution in [0.3, 0.4) is 0 Å². The Hall–Kier alpha value is -1.22. The van der Waals surface area contributed by atoms with Gasteiger partial charge in [0.1, 0.15) is 0 Å². The van der Waals surface area contributed by atoms with Crippen molar-refractivity contribution < 1.29 is 9.47 Å². The van der Waals surface area contributed by atoms with Crippen molar-refractivity contribution in [3.63, 3.8) is 0 Å². The van der Waals surface area contributed by atoms with Gasteiger partial charge >= 0.3 is 0 Å². The van der Waals surface area contributed by atoms with Gasteiger partial charge in [-0.05, 0) is 56.0 Å². The van der Waals surface area contributed by atoms with E-state index in [2.05, 4.69) is 31.3 Å². The van der Waals surface area contributed by atoms with Crippen LogP contribution in [0.1, 0.15) is 51.3 Å². The van der Waals surface area contributed by atoms with Gasteiger partial charge in [-0.25, -0.2) is 0 Å². The first-order valence-corrected chi connectivity index (χ1v) is 7.87. The van der Waals surface area contributed by atoms with Gasteiger partial charge in [0.2, 0.25) is 0 Å². The minimum Gasteiger partial charge on any atom is -0.490 e. The van der Waals surface area contributed by atoms with Crippen LogP contribution in [0.2, 0.25) is 0 Å². The smallest absolute Gasteiger partial charge is 0.161 e. The van der Waals surface area contributed by atoms with Crippen molar-refractivity contribution in [1.29, 1.82) is 0 Å². The summed E-state index contributed by atoms with van der Waals surface area (Å²) < 4.78 is 11.5. The van der Waals surface area contributed by atoms with Crippen LogP contribution in [0, 0.1) is 5.92 Å². The minimum atomic E-state index is 0.429. The lowest BCUT2D eigenvalue weighted by Gasteiger charge is -2.32. The van der Waals surface area contributed by atoms with Gasteiger partial charge in [0.15, 0.2) is 11.5 Å². The number of nitrogens with one attached hydrogen (secondary N) is 1. The van der Waals surface area contributed by atoms with Gasteiger partial charge in [-0.3, -0.25) is 0 Å². The molecule has 2 atom stereocenters. The van der Waals surface area contributed by atoms with Crippen LogP contribution in [-0.4, -0.2) is 19.8 Å². The van der Waals surface area contributed by atoms with Gasteiger partial charge in [-0.15, -0.1) is 0 Å². The summed E-state index contributed by atoms with van der Waals surface area (Å²) in [6.07, 6.45) is 2.24. The number of hydrogen-bond donors (Lipinski definition) is 1. The maximum absolute atomic E-state index is 5.76. The predicted octanol–water partition coefficient (Wildman–Crippen LogP) is 3.72. The fraction of sp³-hybridized carbons (Fsp3) is 0.647. The molecule has 3 nitrogen and oxygen atoms in total. The minimum absolute atomic E-state index is 0.429. The highest BCUT2D eigenvalue weighted by atomic mass is 16.5. The first kappa shape index (κ1) is 15.2. The molecule has 1 aromatic rings. The largest absolute Gasteiger partial charge is 0.490 e.